The highest BCUT2D eigenvalue weighted by molar-refractivity contribution is 7.89. The first kappa shape index (κ1) is 22.2. The van der Waals surface area contributed by atoms with E-state index in [9.17, 15) is 30.8 Å². The first-order valence-corrected chi connectivity index (χ1v) is 10.8. The van der Waals surface area contributed by atoms with Crippen LogP contribution in [0.1, 0.15) is 41.6 Å². The number of alkyl halides is 1. The monoisotopic (exact) mass is 444 g/mol. The summed E-state index contributed by atoms with van der Waals surface area (Å²) in [4.78, 5) is 12.2. The van der Waals surface area contributed by atoms with E-state index in [1.807, 2.05) is 0 Å². The van der Waals surface area contributed by atoms with Crippen LogP contribution in [0.5, 0.6) is 0 Å². The Bertz CT molecular complexity index is 1030. The molecule has 2 aromatic rings. The van der Waals surface area contributed by atoms with E-state index in [2.05, 4.69) is 5.32 Å². The zero-order valence-electron chi connectivity index (χ0n) is 15.9. The van der Waals surface area contributed by atoms with Crippen LogP contribution in [0, 0.1) is 17.5 Å². The average Bonchev–Trinajstić information content (AvgIpc) is 3.01. The third-order valence-corrected chi connectivity index (χ3v) is 6.88. The highest BCUT2D eigenvalue weighted by Gasteiger charge is 2.28. The molecule has 0 spiro atoms. The topological polar surface area (TPSA) is 66.5 Å². The molecule has 0 bridgehead atoms. The van der Waals surface area contributed by atoms with Gasteiger partial charge in [0.25, 0.3) is 5.91 Å². The Labute approximate surface area is 171 Å². The molecule has 30 heavy (non-hydrogen) atoms. The molecule has 162 valence electrons. The fourth-order valence-corrected chi connectivity index (χ4v) is 5.05. The van der Waals surface area contributed by atoms with Gasteiger partial charge in [-0.3, -0.25) is 4.79 Å². The molecule has 0 radical (unpaired) electrons. The van der Waals surface area contributed by atoms with Gasteiger partial charge >= 0.3 is 0 Å². The van der Waals surface area contributed by atoms with Crippen molar-refractivity contribution in [2.75, 3.05) is 18.4 Å². The molecule has 1 fully saturated rings. The van der Waals surface area contributed by atoms with E-state index >= 15 is 0 Å². The number of rotatable bonds is 5. The molecule has 0 unspecified atom stereocenters. The van der Waals surface area contributed by atoms with E-state index in [0.717, 1.165) is 18.9 Å². The number of nitrogens with one attached hydrogen (secondary N) is 1. The molecule has 10 heteroatoms. The Morgan fingerprint density at radius 2 is 1.57 bits per heavy atom. The zero-order chi connectivity index (χ0) is 21.9. The smallest absolute Gasteiger partial charge is 0.255 e. The molecule has 1 aliphatic heterocycles. The summed E-state index contributed by atoms with van der Waals surface area (Å²) in [5.41, 5.74) is -0.580. The number of nitrogens with zero attached hydrogens (tertiary/aromatic N) is 1. The summed E-state index contributed by atoms with van der Waals surface area (Å²) in [6.45, 7) is -0.435. The molecule has 5 nitrogen and oxygen atoms in total. The molecule has 0 aliphatic carbocycles. The van der Waals surface area contributed by atoms with Gasteiger partial charge in [-0.15, -0.1) is 0 Å². The predicted octanol–water partition coefficient (Wildman–Crippen LogP) is 4.39. The lowest BCUT2D eigenvalue weighted by Crippen LogP contribution is -2.32. The van der Waals surface area contributed by atoms with Crippen molar-refractivity contribution in [1.82, 2.24) is 4.31 Å². The first-order valence-electron chi connectivity index (χ1n) is 9.39. The van der Waals surface area contributed by atoms with Crippen molar-refractivity contribution in [2.24, 2.45) is 0 Å². The number of hydrogen-bond acceptors (Lipinski definition) is 3. The zero-order valence-corrected chi connectivity index (χ0v) is 16.7. The van der Waals surface area contributed by atoms with Gasteiger partial charge < -0.3 is 5.32 Å². The highest BCUT2D eigenvalue weighted by atomic mass is 32.2. The third-order valence-electron chi connectivity index (χ3n) is 4.90. The molecule has 0 saturated carbocycles. The molecule has 1 saturated heterocycles. The second-order valence-electron chi connectivity index (χ2n) is 6.98. The van der Waals surface area contributed by atoms with Crippen molar-refractivity contribution in [3.63, 3.8) is 0 Å². The molecule has 3 rings (SSSR count). The molecule has 1 N–H and O–H groups in total. The summed E-state index contributed by atoms with van der Waals surface area (Å²) in [6, 6.07) is 4.64. The van der Waals surface area contributed by atoms with E-state index in [1.165, 1.54) is 16.4 Å². The Morgan fingerprint density at radius 1 is 0.967 bits per heavy atom. The predicted molar refractivity (Wildman–Crippen MR) is 103 cm³/mol. The van der Waals surface area contributed by atoms with Crippen molar-refractivity contribution in [1.29, 1.82) is 0 Å². The molecular formula is C20H20F4N2O3S. The molecule has 1 heterocycles. The average molecular weight is 444 g/mol. The molecule has 2 aromatic carbocycles. The Hall–Kier alpha value is -2.46. The van der Waals surface area contributed by atoms with Crippen LogP contribution in [0.4, 0.5) is 23.2 Å². The van der Waals surface area contributed by atoms with Gasteiger partial charge in [-0.25, -0.2) is 26.0 Å². The molecule has 0 aromatic heterocycles. The van der Waals surface area contributed by atoms with Crippen molar-refractivity contribution >= 4 is 21.6 Å². The number of hydrogen-bond donors (Lipinski definition) is 1. The van der Waals surface area contributed by atoms with Crippen LogP contribution >= 0.6 is 0 Å². The van der Waals surface area contributed by atoms with Crippen molar-refractivity contribution in [2.45, 2.75) is 37.3 Å². The summed E-state index contributed by atoms with van der Waals surface area (Å²) in [7, 11) is -4.03. The van der Waals surface area contributed by atoms with Crippen LogP contribution in [0.25, 0.3) is 0 Å². The van der Waals surface area contributed by atoms with E-state index in [-0.39, 0.29) is 21.7 Å². The number of sulfonamides is 1. The molecular weight excluding hydrogens is 424 g/mol. The quantitative estimate of drug-likeness (QED) is 0.550. The normalized spacial score (nSPS) is 15.6. The van der Waals surface area contributed by atoms with Crippen LogP contribution in [-0.2, 0) is 16.7 Å². The summed E-state index contributed by atoms with van der Waals surface area (Å²) >= 11 is 0. The van der Waals surface area contributed by atoms with Gasteiger partial charge in [0.2, 0.25) is 10.0 Å². The number of halogens is 4. The Balaban J connectivity index is 1.93. The highest BCUT2D eigenvalue weighted by Crippen LogP contribution is 2.26. The summed E-state index contributed by atoms with van der Waals surface area (Å²) in [6.07, 6.45) is 3.17. The lowest BCUT2D eigenvalue weighted by molar-refractivity contribution is 0.102. The van der Waals surface area contributed by atoms with Crippen LogP contribution < -0.4 is 5.32 Å². The maximum atomic E-state index is 13.5. The van der Waals surface area contributed by atoms with Crippen LogP contribution in [0.3, 0.4) is 0 Å². The fraction of sp³-hybridized carbons (Fsp3) is 0.350. The molecule has 1 amide bonds. The van der Waals surface area contributed by atoms with E-state index in [4.69, 9.17) is 0 Å². The van der Waals surface area contributed by atoms with Gasteiger partial charge in [-0.2, -0.15) is 4.31 Å². The Morgan fingerprint density at radius 3 is 2.13 bits per heavy atom. The summed E-state index contributed by atoms with van der Waals surface area (Å²) in [5, 5.41) is 2.18. The second kappa shape index (κ2) is 9.13. The van der Waals surface area contributed by atoms with Crippen LogP contribution in [0.15, 0.2) is 35.2 Å². The summed E-state index contributed by atoms with van der Waals surface area (Å²) in [5.74, 6) is -5.52. The van der Waals surface area contributed by atoms with Crippen molar-refractivity contribution in [3.05, 3.63) is 58.9 Å². The van der Waals surface area contributed by atoms with E-state index in [1.54, 1.807) is 0 Å². The van der Waals surface area contributed by atoms with Gasteiger partial charge in [0.05, 0.1) is 4.90 Å². The third kappa shape index (κ3) is 4.65. The van der Waals surface area contributed by atoms with Crippen LogP contribution in [0.2, 0.25) is 0 Å². The van der Waals surface area contributed by atoms with Crippen molar-refractivity contribution in [3.8, 4) is 0 Å². The minimum Gasteiger partial charge on any atom is -0.322 e. The minimum absolute atomic E-state index is 0.0883. The SMILES string of the molecule is O=C(Nc1cc(F)c(F)c(F)c1)c1ccc(CF)c(S(=O)(=O)N2CCCCCC2)c1. The van der Waals surface area contributed by atoms with Gasteiger partial charge in [-0.1, -0.05) is 18.9 Å². The second-order valence-corrected chi connectivity index (χ2v) is 8.89. The maximum absolute atomic E-state index is 13.5. The van der Waals surface area contributed by atoms with E-state index < -0.39 is 40.1 Å². The van der Waals surface area contributed by atoms with Gasteiger partial charge in [-0.05, 0) is 25.0 Å². The lowest BCUT2D eigenvalue weighted by atomic mass is 10.1. The van der Waals surface area contributed by atoms with Gasteiger partial charge in [0, 0.05) is 42.0 Å². The standard InChI is InChI=1S/C20H20F4N2O3S/c21-12-14-6-5-13(20(27)25-15-10-16(22)19(24)17(23)11-15)9-18(14)30(28,29)26-7-3-1-2-4-8-26/h5-6,9-11H,1-4,7-8,12H2,(H,25,27). The summed E-state index contributed by atoms with van der Waals surface area (Å²) < 4.78 is 80.7. The van der Waals surface area contributed by atoms with E-state index in [0.29, 0.717) is 38.1 Å². The van der Waals surface area contributed by atoms with Crippen LogP contribution in [-0.4, -0.2) is 31.7 Å². The number of carbonyl (C=O) groups is 1. The minimum atomic E-state index is -4.03. The maximum Gasteiger partial charge on any atom is 0.255 e. The molecule has 1 aliphatic rings. The number of benzene rings is 2. The van der Waals surface area contributed by atoms with Crippen molar-refractivity contribution < 1.29 is 30.8 Å². The van der Waals surface area contributed by atoms with Gasteiger partial charge in [0.1, 0.15) is 6.67 Å². The molecule has 0 atom stereocenters. The Kier molecular flexibility index (Phi) is 6.77. The van der Waals surface area contributed by atoms with Gasteiger partial charge in [0.15, 0.2) is 17.5 Å². The number of carbonyl (C=O) groups excluding carboxylic acids is 1. The number of amides is 1. The lowest BCUT2D eigenvalue weighted by Gasteiger charge is -2.21. The largest absolute Gasteiger partial charge is 0.322 e. The fourth-order valence-electron chi connectivity index (χ4n) is 3.30. The first-order chi connectivity index (χ1) is 14.2. The number of anilines is 1.